The van der Waals surface area contributed by atoms with E-state index in [9.17, 15) is 0 Å². The fourth-order valence-electron chi connectivity index (χ4n) is 4.33. The number of rotatable bonds is 15. The third kappa shape index (κ3) is 8.22. The Morgan fingerprint density at radius 3 is 1.93 bits per heavy atom. The summed E-state index contributed by atoms with van der Waals surface area (Å²) in [5.41, 5.74) is 1.45. The maximum absolute atomic E-state index is 5.64. The van der Waals surface area contributed by atoms with E-state index in [0.29, 0.717) is 6.04 Å². The van der Waals surface area contributed by atoms with Crippen molar-refractivity contribution in [3.8, 4) is 0 Å². The van der Waals surface area contributed by atoms with E-state index in [4.69, 9.17) is 4.42 Å². The molecule has 0 spiro atoms. The molecule has 28 heavy (non-hydrogen) atoms. The van der Waals surface area contributed by atoms with Crippen molar-refractivity contribution in [3.63, 3.8) is 0 Å². The van der Waals surface area contributed by atoms with Crippen molar-refractivity contribution in [3.05, 3.63) is 60.1 Å². The number of furan rings is 1. The van der Waals surface area contributed by atoms with Crippen LogP contribution in [0.25, 0.3) is 0 Å². The Balaban J connectivity index is 1.78. The smallest absolute Gasteiger partial charge is 0.158 e. The van der Waals surface area contributed by atoms with E-state index in [1.165, 1.54) is 76.2 Å². The predicted octanol–water partition coefficient (Wildman–Crippen LogP) is 7.91. The van der Waals surface area contributed by atoms with Gasteiger partial charge in [-0.05, 0) is 18.6 Å². The number of nitrogens with zero attached hydrogens (tertiary/aromatic N) is 1. The molecule has 1 atom stereocenters. The van der Waals surface area contributed by atoms with E-state index in [0.717, 1.165) is 16.8 Å². The summed E-state index contributed by atoms with van der Waals surface area (Å²) in [7, 11) is 4.69. The Labute approximate surface area is 173 Å². The summed E-state index contributed by atoms with van der Waals surface area (Å²) in [6, 6.07) is 15.7. The molecule has 2 nitrogen and oxygen atoms in total. The molecule has 0 N–H and O–H groups in total. The zero-order valence-electron chi connectivity index (χ0n) is 18.5. The molecule has 1 unspecified atom stereocenters. The molecular weight excluding hydrogens is 342 g/mol. The SMILES string of the molecule is CCCCCCCCCCCCC(c1ccccc1)[N+](C)(C)Cc1ccco1. The van der Waals surface area contributed by atoms with E-state index >= 15 is 0 Å². The summed E-state index contributed by atoms with van der Waals surface area (Å²) in [5, 5.41) is 0. The molecule has 0 amide bonds. The molecule has 0 radical (unpaired) electrons. The second-order valence-electron chi connectivity index (χ2n) is 8.91. The van der Waals surface area contributed by atoms with Crippen LogP contribution < -0.4 is 0 Å². The van der Waals surface area contributed by atoms with Crippen molar-refractivity contribution in [1.29, 1.82) is 0 Å². The first-order valence-electron chi connectivity index (χ1n) is 11.5. The van der Waals surface area contributed by atoms with Crippen LogP contribution in [0.4, 0.5) is 0 Å². The van der Waals surface area contributed by atoms with Crippen LogP contribution in [0.3, 0.4) is 0 Å². The highest BCUT2D eigenvalue weighted by Gasteiger charge is 2.30. The lowest BCUT2D eigenvalue weighted by Gasteiger charge is -2.38. The minimum Gasteiger partial charge on any atom is -0.463 e. The van der Waals surface area contributed by atoms with Gasteiger partial charge in [0.05, 0.1) is 20.4 Å². The Morgan fingerprint density at radius 1 is 0.750 bits per heavy atom. The molecule has 1 aromatic heterocycles. The van der Waals surface area contributed by atoms with E-state index in [2.05, 4.69) is 57.4 Å². The van der Waals surface area contributed by atoms with E-state index < -0.39 is 0 Å². The molecule has 2 rings (SSSR count). The molecule has 0 bridgehead atoms. The van der Waals surface area contributed by atoms with Gasteiger partial charge in [0.25, 0.3) is 0 Å². The van der Waals surface area contributed by atoms with Gasteiger partial charge in [-0.3, -0.25) is 0 Å². The average Bonchev–Trinajstić information content (AvgIpc) is 3.19. The highest BCUT2D eigenvalue weighted by molar-refractivity contribution is 5.17. The highest BCUT2D eigenvalue weighted by atomic mass is 16.3. The van der Waals surface area contributed by atoms with Crippen molar-refractivity contribution in [2.45, 2.75) is 90.1 Å². The summed E-state index contributed by atoms with van der Waals surface area (Å²) < 4.78 is 6.58. The molecule has 0 aliphatic carbocycles. The molecular formula is C26H42NO+. The maximum Gasteiger partial charge on any atom is 0.158 e. The number of hydrogen-bond donors (Lipinski definition) is 0. The van der Waals surface area contributed by atoms with Crippen LogP contribution in [0.5, 0.6) is 0 Å². The molecule has 0 saturated heterocycles. The van der Waals surface area contributed by atoms with Gasteiger partial charge in [0.2, 0.25) is 0 Å². The first kappa shape index (κ1) is 22.7. The van der Waals surface area contributed by atoms with Gasteiger partial charge in [-0.1, -0.05) is 95.0 Å². The lowest BCUT2D eigenvalue weighted by atomic mass is 9.96. The zero-order chi connectivity index (χ0) is 20.1. The quantitative estimate of drug-likeness (QED) is 0.224. The van der Waals surface area contributed by atoms with Gasteiger partial charge in [-0.15, -0.1) is 0 Å². The van der Waals surface area contributed by atoms with Crippen LogP contribution >= 0.6 is 0 Å². The normalized spacial score (nSPS) is 13.0. The number of unbranched alkanes of at least 4 members (excludes halogenated alkanes) is 9. The summed E-state index contributed by atoms with van der Waals surface area (Å²) in [5.74, 6) is 1.08. The molecule has 1 heterocycles. The Morgan fingerprint density at radius 2 is 1.36 bits per heavy atom. The summed E-state index contributed by atoms with van der Waals surface area (Å²) in [4.78, 5) is 0. The first-order chi connectivity index (χ1) is 13.6. The minimum absolute atomic E-state index is 0.514. The van der Waals surface area contributed by atoms with Gasteiger partial charge in [0.15, 0.2) is 5.76 Å². The van der Waals surface area contributed by atoms with Gasteiger partial charge in [-0.2, -0.15) is 0 Å². The summed E-state index contributed by atoms with van der Waals surface area (Å²) in [6.45, 7) is 3.22. The summed E-state index contributed by atoms with van der Waals surface area (Å²) >= 11 is 0. The van der Waals surface area contributed by atoms with Crippen molar-refractivity contribution < 1.29 is 8.90 Å². The van der Waals surface area contributed by atoms with Crippen LogP contribution in [0.1, 0.15) is 94.9 Å². The average molecular weight is 385 g/mol. The van der Waals surface area contributed by atoms with Gasteiger partial charge in [0, 0.05) is 12.0 Å². The molecule has 2 heteroatoms. The molecule has 0 fully saturated rings. The van der Waals surface area contributed by atoms with Gasteiger partial charge < -0.3 is 8.90 Å². The Bertz CT molecular complexity index is 603. The first-order valence-corrected chi connectivity index (χ1v) is 11.5. The highest BCUT2D eigenvalue weighted by Crippen LogP contribution is 2.32. The van der Waals surface area contributed by atoms with Crippen LogP contribution in [-0.2, 0) is 6.54 Å². The van der Waals surface area contributed by atoms with Crippen LogP contribution in [0.15, 0.2) is 53.1 Å². The van der Waals surface area contributed by atoms with Crippen molar-refractivity contribution in [2.24, 2.45) is 0 Å². The lowest BCUT2D eigenvalue weighted by Crippen LogP contribution is -2.42. The third-order valence-electron chi connectivity index (χ3n) is 6.00. The van der Waals surface area contributed by atoms with Crippen LogP contribution in [0, 0.1) is 0 Å². The Kier molecular flexibility index (Phi) is 10.4. The van der Waals surface area contributed by atoms with Gasteiger partial charge >= 0.3 is 0 Å². The van der Waals surface area contributed by atoms with E-state index in [1.807, 2.05) is 6.07 Å². The second-order valence-corrected chi connectivity index (χ2v) is 8.91. The number of quaternary nitrogens is 1. The molecule has 2 aromatic rings. The van der Waals surface area contributed by atoms with Gasteiger partial charge in [0.1, 0.15) is 12.6 Å². The Hall–Kier alpha value is -1.54. The maximum atomic E-state index is 5.64. The van der Waals surface area contributed by atoms with Crippen molar-refractivity contribution in [1.82, 2.24) is 0 Å². The topological polar surface area (TPSA) is 13.1 Å². The monoisotopic (exact) mass is 384 g/mol. The molecule has 156 valence electrons. The van der Waals surface area contributed by atoms with E-state index in [-0.39, 0.29) is 0 Å². The molecule has 0 aliphatic rings. The standard InChI is InChI=1S/C26H42NO/c1-4-5-6-7-8-9-10-11-12-16-21-26(24-18-14-13-15-19-24)27(2,3)23-25-20-17-22-28-25/h13-15,17-20,22,26H,4-12,16,21,23H2,1-3H3/q+1. The fraction of sp³-hybridized carbons (Fsp3) is 0.615. The van der Waals surface area contributed by atoms with Crippen molar-refractivity contribution in [2.75, 3.05) is 14.1 Å². The minimum atomic E-state index is 0.514. The summed E-state index contributed by atoms with van der Waals surface area (Å²) in [6.07, 6.45) is 17.0. The fourth-order valence-corrected chi connectivity index (χ4v) is 4.33. The van der Waals surface area contributed by atoms with Crippen LogP contribution in [-0.4, -0.2) is 18.6 Å². The van der Waals surface area contributed by atoms with Crippen molar-refractivity contribution >= 4 is 0 Å². The third-order valence-corrected chi connectivity index (χ3v) is 6.00. The lowest BCUT2D eigenvalue weighted by molar-refractivity contribution is -0.935. The van der Waals surface area contributed by atoms with Crippen LogP contribution in [0.2, 0.25) is 0 Å². The molecule has 0 saturated carbocycles. The number of hydrogen-bond acceptors (Lipinski definition) is 1. The van der Waals surface area contributed by atoms with Gasteiger partial charge in [-0.25, -0.2) is 0 Å². The largest absolute Gasteiger partial charge is 0.463 e. The molecule has 0 aliphatic heterocycles. The molecule has 1 aromatic carbocycles. The predicted molar refractivity (Wildman–Crippen MR) is 120 cm³/mol. The second kappa shape index (κ2) is 12.8. The van der Waals surface area contributed by atoms with E-state index in [1.54, 1.807) is 6.26 Å². The zero-order valence-corrected chi connectivity index (χ0v) is 18.5. The number of benzene rings is 1.